The van der Waals surface area contributed by atoms with Gasteiger partial charge in [0.2, 0.25) is 5.91 Å². The van der Waals surface area contributed by atoms with Gasteiger partial charge in [0.15, 0.2) is 0 Å². The van der Waals surface area contributed by atoms with Crippen molar-refractivity contribution in [3.05, 3.63) is 23.9 Å². The van der Waals surface area contributed by atoms with Gasteiger partial charge >= 0.3 is 5.97 Å². The predicted molar refractivity (Wildman–Crippen MR) is 70.9 cm³/mol. The number of carboxylic acid groups (broad SMARTS) is 1. The fourth-order valence-corrected chi connectivity index (χ4v) is 2.34. The molecular formula is C14H18N2O3. The van der Waals surface area contributed by atoms with Crippen LogP contribution in [0.3, 0.4) is 0 Å². The second kappa shape index (κ2) is 5.82. The third kappa shape index (κ3) is 3.53. The first kappa shape index (κ1) is 13.5. The molecule has 0 unspecified atom stereocenters. The zero-order valence-corrected chi connectivity index (χ0v) is 10.9. The molecule has 1 saturated carbocycles. The minimum Gasteiger partial charge on any atom is -0.478 e. The minimum absolute atomic E-state index is 0.0116. The summed E-state index contributed by atoms with van der Waals surface area (Å²) in [5, 5.41) is 11.5. The van der Waals surface area contributed by atoms with Crippen LogP contribution in [0.2, 0.25) is 0 Å². The maximum Gasteiger partial charge on any atom is 0.337 e. The van der Waals surface area contributed by atoms with Crippen molar-refractivity contribution in [1.82, 2.24) is 4.98 Å². The molecule has 0 aromatic carbocycles. The normalized spacial score (nSPS) is 22.8. The number of pyridine rings is 1. The Bertz CT molecular complexity index is 462. The lowest BCUT2D eigenvalue weighted by molar-refractivity contribution is -0.121. The van der Waals surface area contributed by atoms with Crippen molar-refractivity contribution >= 4 is 17.7 Å². The number of aromatic nitrogens is 1. The third-order valence-electron chi connectivity index (χ3n) is 3.65. The van der Waals surface area contributed by atoms with E-state index < -0.39 is 5.97 Å². The number of amides is 1. The number of hydrogen-bond acceptors (Lipinski definition) is 3. The molecule has 1 aliphatic rings. The summed E-state index contributed by atoms with van der Waals surface area (Å²) in [5.41, 5.74) is 0.115. The van der Waals surface area contributed by atoms with Crippen LogP contribution < -0.4 is 5.32 Å². The quantitative estimate of drug-likeness (QED) is 0.877. The smallest absolute Gasteiger partial charge is 0.337 e. The Morgan fingerprint density at radius 1 is 1.26 bits per heavy atom. The van der Waals surface area contributed by atoms with Crippen LogP contribution in [0.15, 0.2) is 18.3 Å². The number of carboxylic acids is 1. The van der Waals surface area contributed by atoms with Crippen LogP contribution >= 0.6 is 0 Å². The molecule has 2 N–H and O–H groups in total. The molecule has 0 spiro atoms. The Kier molecular flexibility index (Phi) is 4.14. The van der Waals surface area contributed by atoms with Crippen LogP contribution in [0.1, 0.15) is 43.0 Å². The van der Waals surface area contributed by atoms with Crippen LogP contribution in [-0.2, 0) is 4.79 Å². The van der Waals surface area contributed by atoms with Gasteiger partial charge in [0, 0.05) is 12.1 Å². The number of nitrogens with zero attached hydrogens (tertiary/aromatic N) is 1. The highest BCUT2D eigenvalue weighted by Crippen LogP contribution is 2.28. The Labute approximate surface area is 112 Å². The lowest BCUT2D eigenvalue weighted by atomic mass is 9.82. The van der Waals surface area contributed by atoms with Crippen LogP contribution in [0.5, 0.6) is 0 Å². The molecule has 0 atom stereocenters. The molecule has 1 aliphatic carbocycles. The second-order valence-corrected chi connectivity index (χ2v) is 5.18. The van der Waals surface area contributed by atoms with Crippen molar-refractivity contribution in [1.29, 1.82) is 0 Å². The highest BCUT2D eigenvalue weighted by Gasteiger charge is 2.24. The Morgan fingerprint density at radius 2 is 1.95 bits per heavy atom. The molecule has 0 bridgehead atoms. The van der Waals surface area contributed by atoms with Gasteiger partial charge in [0.25, 0.3) is 0 Å². The van der Waals surface area contributed by atoms with Gasteiger partial charge in [-0.15, -0.1) is 0 Å². The molecule has 1 aromatic rings. The molecule has 0 aliphatic heterocycles. The molecule has 1 amide bonds. The fraction of sp³-hybridized carbons (Fsp3) is 0.500. The first-order valence-electron chi connectivity index (χ1n) is 6.56. The van der Waals surface area contributed by atoms with Gasteiger partial charge in [0.05, 0.1) is 5.56 Å². The van der Waals surface area contributed by atoms with Gasteiger partial charge in [-0.2, -0.15) is 0 Å². The molecule has 5 nitrogen and oxygen atoms in total. The number of carbonyl (C=O) groups excluding carboxylic acids is 1. The number of aromatic carboxylic acids is 1. The van der Waals surface area contributed by atoms with Crippen molar-refractivity contribution in [2.24, 2.45) is 11.8 Å². The van der Waals surface area contributed by atoms with Gasteiger partial charge in [0.1, 0.15) is 5.82 Å². The maximum absolute atomic E-state index is 12.0. The van der Waals surface area contributed by atoms with Crippen LogP contribution in [0, 0.1) is 11.8 Å². The summed E-state index contributed by atoms with van der Waals surface area (Å²) in [5.74, 6) is 0.136. The monoisotopic (exact) mass is 262 g/mol. The molecule has 1 fully saturated rings. The van der Waals surface area contributed by atoms with E-state index in [1.54, 1.807) is 0 Å². The summed E-state index contributed by atoms with van der Waals surface area (Å²) in [6.45, 7) is 2.21. The van der Waals surface area contributed by atoms with Crippen molar-refractivity contribution in [3.63, 3.8) is 0 Å². The number of rotatable bonds is 3. The van der Waals surface area contributed by atoms with Crippen molar-refractivity contribution in [2.75, 3.05) is 5.32 Å². The average molecular weight is 262 g/mol. The van der Waals surface area contributed by atoms with Gasteiger partial charge in [-0.25, -0.2) is 9.78 Å². The number of nitrogens with one attached hydrogen (secondary N) is 1. The second-order valence-electron chi connectivity index (χ2n) is 5.18. The number of anilines is 1. The van der Waals surface area contributed by atoms with Gasteiger partial charge in [-0.1, -0.05) is 6.92 Å². The van der Waals surface area contributed by atoms with E-state index in [4.69, 9.17) is 5.11 Å². The predicted octanol–water partition coefficient (Wildman–Crippen LogP) is 2.54. The van der Waals surface area contributed by atoms with E-state index in [-0.39, 0.29) is 17.4 Å². The summed E-state index contributed by atoms with van der Waals surface area (Å²) in [7, 11) is 0. The summed E-state index contributed by atoms with van der Waals surface area (Å²) < 4.78 is 0. The summed E-state index contributed by atoms with van der Waals surface area (Å²) in [4.78, 5) is 26.6. The van der Waals surface area contributed by atoms with Crippen LogP contribution in [-0.4, -0.2) is 22.0 Å². The molecule has 0 saturated heterocycles. The van der Waals surface area contributed by atoms with Crippen molar-refractivity contribution in [2.45, 2.75) is 32.6 Å². The van der Waals surface area contributed by atoms with E-state index in [0.29, 0.717) is 11.7 Å². The van der Waals surface area contributed by atoms with E-state index in [9.17, 15) is 9.59 Å². The Balaban J connectivity index is 1.93. The van der Waals surface area contributed by atoms with E-state index in [2.05, 4.69) is 17.2 Å². The first-order valence-corrected chi connectivity index (χ1v) is 6.56. The number of carbonyl (C=O) groups is 2. The largest absolute Gasteiger partial charge is 0.478 e. The molecule has 102 valence electrons. The van der Waals surface area contributed by atoms with Crippen molar-refractivity contribution < 1.29 is 14.7 Å². The molecular weight excluding hydrogens is 244 g/mol. The van der Waals surface area contributed by atoms with Gasteiger partial charge in [-0.3, -0.25) is 4.79 Å². The molecule has 2 rings (SSSR count). The SMILES string of the molecule is CC1CCC(C(=O)Nc2ccc(C(=O)O)cn2)CC1. The van der Waals surface area contributed by atoms with Crippen LogP contribution in [0.25, 0.3) is 0 Å². The first-order chi connectivity index (χ1) is 9.06. The highest BCUT2D eigenvalue weighted by atomic mass is 16.4. The average Bonchev–Trinajstić information content (AvgIpc) is 2.40. The maximum atomic E-state index is 12.0. The molecule has 0 radical (unpaired) electrons. The van der Waals surface area contributed by atoms with Gasteiger partial charge in [-0.05, 0) is 43.7 Å². The molecule has 1 heterocycles. The zero-order valence-electron chi connectivity index (χ0n) is 10.9. The Morgan fingerprint density at radius 3 is 2.47 bits per heavy atom. The number of hydrogen-bond donors (Lipinski definition) is 2. The summed E-state index contributed by atoms with van der Waals surface area (Å²) in [6, 6.07) is 2.96. The fourth-order valence-electron chi connectivity index (χ4n) is 2.34. The van der Waals surface area contributed by atoms with E-state index in [1.807, 2.05) is 0 Å². The van der Waals surface area contributed by atoms with Crippen molar-refractivity contribution in [3.8, 4) is 0 Å². The van der Waals surface area contributed by atoms with Gasteiger partial charge < -0.3 is 10.4 Å². The molecule has 19 heavy (non-hydrogen) atoms. The molecule has 5 heteroatoms. The van der Waals surface area contributed by atoms with Crippen LogP contribution in [0.4, 0.5) is 5.82 Å². The Hall–Kier alpha value is -1.91. The zero-order chi connectivity index (χ0) is 13.8. The topological polar surface area (TPSA) is 79.3 Å². The lowest BCUT2D eigenvalue weighted by Gasteiger charge is -2.25. The third-order valence-corrected chi connectivity index (χ3v) is 3.65. The minimum atomic E-state index is -1.02. The highest BCUT2D eigenvalue weighted by molar-refractivity contribution is 5.92. The standard InChI is InChI=1S/C14H18N2O3/c1-9-2-4-10(5-3-9)13(17)16-12-7-6-11(8-15-12)14(18)19/h6-10H,2-5H2,1H3,(H,18,19)(H,15,16,17). The van der Waals surface area contributed by atoms with E-state index in [0.717, 1.165) is 25.7 Å². The van der Waals surface area contributed by atoms with E-state index in [1.165, 1.54) is 18.3 Å². The van der Waals surface area contributed by atoms with E-state index >= 15 is 0 Å². The summed E-state index contributed by atoms with van der Waals surface area (Å²) >= 11 is 0. The molecule has 1 aromatic heterocycles. The lowest BCUT2D eigenvalue weighted by Crippen LogP contribution is -2.26. The summed E-state index contributed by atoms with van der Waals surface area (Å²) in [6.07, 6.45) is 5.26.